The number of aromatic nitrogens is 1. The Hall–Kier alpha value is -0.890. The third kappa shape index (κ3) is 2.15. The molecule has 1 N–H and O–H groups in total. The van der Waals surface area contributed by atoms with Gasteiger partial charge in [-0.25, -0.2) is 0 Å². The van der Waals surface area contributed by atoms with Crippen LogP contribution in [0.2, 0.25) is 0 Å². The monoisotopic (exact) mass is 135 g/mol. The predicted octanol–water partition coefficient (Wildman–Crippen LogP) is 1.20. The van der Waals surface area contributed by atoms with E-state index in [-0.39, 0.29) is 0 Å². The number of pyridine rings is 1. The second kappa shape index (κ2) is 4.01. The van der Waals surface area contributed by atoms with Gasteiger partial charge in [-0.1, -0.05) is 13.0 Å². The van der Waals surface area contributed by atoms with Gasteiger partial charge in [-0.15, -0.1) is 0 Å². The van der Waals surface area contributed by atoms with Crippen molar-refractivity contribution in [3.8, 4) is 0 Å². The molecule has 10 heavy (non-hydrogen) atoms. The molecule has 53 valence electrons. The molecule has 0 spiro atoms. The molecule has 0 atom stereocenters. The lowest BCUT2D eigenvalue weighted by Gasteiger charge is -1.97. The molecule has 0 fully saturated rings. The zero-order valence-corrected chi connectivity index (χ0v) is 6.04. The number of hydrogen-bond acceptors (Lipinski definition) is 2. The van der Waals surface area contributed by atoms with Crippen LogP contribution < -0.4 is 5.32 Å². The standard InChI is InChI=1S/C8H11N2/c1-2-9-7-8-5-3-4-6-10-8/h3-7,9H,2H2,1H3. The Bertz CT molecular complexity index is 172. The third-order valence-corrected chi connectivity index (χ3v) is 1.14. The Morgan fingerprint density at radius 3 is 3.10 bits per heavy atom. The van der Waals surface area contributed by atoms with Crippen molar-refractivity contribution in [2.45, 2.75) is 6.92 Å². The van der Waals surface area contributed by atoms with Crippen LogP contribution in [0.25, 0.3) is 0 Å². The molecule has 1 aromatic rings. The average Bonchev–Trinajstić information content (AvgIpc) is 2.03. The van der Waals surface area contributed by atoms with Gasteiger partial charge in [0.25, 0.3) is 0 Å². The molecule has 0 unspecified atom stereocenters. The summed E-state index contributed by atoms with van der Waals surface area (Å²) in [6.45, 7) is 4.90. The zero-order valence-electron chi connectivity index (χ0n) is 6.04. The van der Waals surface area contributed by atoms with E-state index >= 15 is 0 Å². The van der Waals surface area contributed by atoms with E-state index < -0.39 is 0 Å². The lowest BCUT2D eigenvalue weighted by Crippen LogP contribution is -2.09. The molecule has 0 bridgehead atoms. The quantitative estimate of drug-likeness (QED) is 0.673. The van der Waals surface area contributed by atoms with Crippen molar-refractivity contribution in [2.24, 2.45) is 0 Å². The van der Waals surface area contributed by atoms with E-state index in [2.05, 4.69) is 17.2 Å². The van der Waals surface area contributed by atoms with Crippen LogP contribution in [0.5, 0.6) is 0 Å². The lowest BCUT2D eigenvalue weighted by atomic mass is 10.3. The summed E-state index contributed by atoms with van der Waals surface area (Å²) in [5.74, 6) is 0. The van der Waals surface area contributed by atoms with E-state index in [1.807, 2.05) is 24.7 Å². The summed E-state index contributed by atoms with van der Waals surface area (Å²) in [5, 5.41) is 3.08. The summed E-state index contributed by atoms with van der Waals surface area (Å²) in [7, 11) is 0. The Morgan fingerprint density at radius 2 is 2.50 bits per heavy atom. The molecule has 0 aliphatic heterocycles. The number of hydrogen-bond donors (Lipinski definition) is 1. The van der Waals surface area contributed by atoms with Gasteiger partial charge in [-0.3, -0.25) is 4.98 Å². The lowest BCUT2D eigenvalue weighted by molar-refractivity contribution is 0.850. The minimum atomic E-state index is 0.941. The van der Waals surface area contributed by atoms with Gasteiger partial charge in [-0.2, -0.15) is 0 Å². The Labute approximate surface area is 61.3 Å². The van der Waals surface area contributed by atoms with Crippen LogP contribution in [0.4, 0.5) is 0 Å². The van der Waals surface area contributed by atoms with E-state index in [9.17, 15) is 0 Å². The van der Waals surface area contributed by atoms with Gasteiger partial charge in [-0.05, 0) is 18.7 Å². The molecular weight excluding hydrogens is 124 g/mol. The molecule has 1 radical (unpaired) electrons. The van der Waals surface area contributed by atoms with Crippen LogP contribution in [-0.2, 0) is 0 Å². The maximum absolute atomic E-state index is 4.10. The highest BCUT2D eigenvalue weighted by Gasteiger charge is 1.88. The maximum Gasteiger partial charge on any atom is 0.0708 e. The number of nitrogens with one attached hydrogen (secondary N) is 1. The van der Waals surface area contributed by atoms with Crippen molar-refractivity contribution >= 4 is 0 Å². The minimum Gasteiger partial charge on any atom is -0.307 e. The van der Waals surface area contributed by atoms with Crippen LogP contribution >= 0.6 is 0 Å². The summed E-state index contributed by atoms with van der Waals surface area (Å²) in [4.78, 5) is 4.10. The van der Waals surface area contributed by atoms with Gasteiger partial charge in [0.15, 0.2) is 0 Å². The van der Waals surface area contributed by atoms with Gasteiger partial charge in [0.1, 0.15) is 0 Å². The fourth-order valence-electron chi connectivity index (χ4n) is 0.668. The highest BCUT2D eigenvalue weighted by atomic mass is 14.9. The third-order valence-electron chi connectivity index (χ3n) is 1.14. The van der Waals surface area contributed by atoms with Crippen LogP contribution in [0, 0.1) is 6.54 Å². The van der Waals surface area contributed by atoms with Gasteiger partial charge >= 0.3 is 0 Å². The van der Waals surface area contributed by atoms with Gasteiger partial charge in [0, 0.05) is 6.20 Å². The van der Waals surface area contributed by atoms with Crippen molar-refractivity contribution in [1.29, 1.82) is 0 Å². The Balaban J connectivity index is 2.43. The molecule has 1 aromatic heterocycles. The first-order valence-corrected chi connectivity index (χ1v) is 3.41. The molecule has 0 aliphatic carbocycles. The second-order valence-electron chi connectivity index (χ2n) is 1.96. The molecule has 0 saturated heterocycles. The predicted molar refractivity (Wildman–Crippen MR) is 41.3 cm³/mol. The van der Waals surface area contributed by atoms with E-state index in [0.29, 0.717) is 0 Å². The molecule has 1 rings (SSSR count). The first-order valence-electron chi connectivity index (χ1n) is 3.41. The highest BCUT2D eigenvalue weighted by Crippen LogP contribution is 1.92. The van der Waals surface area contributed by atoms with E-state index in [1.165, 1.54) is 0 Å². The van der Waals surface area contributed by atoms with Crippen molar-refractivity contribution in [3.05, 3.63) is 36.6 Å². The fraction of sp³-hybridized carbons (Fsp3) is 0.250. The normalized spacial score (nSPS) is 9.70. The van der Waals surface area contributed by atoms with Crippen molar-refractivity contribution in [2.75, 3.05) is 6.54 Å². The zero-order chi connectivity index (χ0) is 7.23. The highest BCUT2D eigenvalue weighted by molar-refractivity contribution is 5.11. The summed E-state index contributed by atoms with van der Waals surface area (Å²) in [6, 6.07) is 5.84. The fourth-order valence-corrected chi connectivity index (χ4v) is 0.668. The van der Waals surface area contributed by atoms with Crippen LogP contribution in [0.15, 0.2) is 24.4 Å². The SMILES string of the molecule is CCN[CH]c1ccccn1. The van der Waals surface area contributed by atoms with Gasteiger partial charge < -0.3 is 5.32 Å². The van der Waals surface area contributed by atoms with Crippen molar-refractivity contribution in [1.82, 2.24) is 10.3 Å². The van der Waals surface area contributed by atoms with Crippen molar-refractivity contribution < 1.29 is 0 Å². The first kappa shape index (κ1) is 7.22. The topological polar surface area (TPSA) is 24.9 Å². The Kier molecular flexibility index (Phi) is 2.90. The minimum absolute atomic E-state index is 0.941. The second-order valence-corrected chi connectivity index (χ2v) is 1.96. The van der Waals surface area contributed by atoms with Crippen LogP contribution in [0.1, 0.15) is 12.6 Å². The molecule has 0 amide bonds. The average molecular weight is 135 g/mol. The maximum atomic E-state index is 4.10. The van der Waals surface area contributed by atoms with Crippen LogP contribution in [-0.4, -0.2) is 11.5 Å². The Morgan fingerprint density at radius 1 is 1.60 bits per heavy atom. The molecule has 0 aromatic carbocycles. The molecule has 2 nitrogen and oxygen atoms in total. The van der Waals surface area contributed by atoms with Gasteiger partial charge in [0.05, 0.1) is 12.2 Å². The molecular formula is C8H11N2. The molecule has 0 saturated carbocycles. The summed E-state index contributed by atoms with van der Waals surface area (Å²) < 4.78 is 0. The smallest absolute Gasteiger partial charge is 0.0708 e. The summed E-state index contributed by atoms with van der Waals surface area (Å²) in [5.41, 5.74) is 0.976. The number of rotatable bonds is 3. The summed E-state index contributed by atoms with van der Waals surface area (Å²) in [6.07, 6.45) is 1.78. The molecule has 1 heterocycles. The summed E-state index contributed by atoms with van der Waals surface area (Å²) >= 11 is 0. The number of nitrogens with zero attached hydrogens (tertiary/aromatic N) is 1. The molecule has 0 aliphatic rings. The van der Waals surface area contributed by atoms with Gasteiger partial charge in [0.2, 0.25) is 0 Å². The van der Waals surface area contributed by atoms with E-state index in [4.69, 9.17) is 0 Å². The van der Waals surface area contributed by atoms with E-state index in [0.717, 1.165) is 12.2 Å². The molecule has 2 heteroatoms. The van der Waals surface area contributed by atoms with Crippen LogP contribution in [0.3, 0.4) is 0 Å². The largest absolute Gasteiger partial charge is 0.307 e. The first-order chi connectivity index (χ1) is 4.93. The van der Waals surface area contributed by atoms with E-state index in [1.54, 1.807) is 6.20 Å². The van der Waals surface area contributed by atoms with Crippen molar-refractivity contribution in [3.63, 3.8) is 0 Å².